The highest BCUT2D eigenvalue weighted by Gasteiger charge is 2.37. The number of amides is 1. The monoisotopic (exact) mass is 389 g/mol. The summed E-state index contributed by atoms with van der Waals surface area (Å²) in [5.74, 6) is -0.143. The van der Waals surface area contributed by atoms with Crippen LogP contribution < -0.4 is 5.32 Å². The number of aromatic nitrogens is 1. The summed E-state index contributed by atoms with van der Waals surface area (Å²) in [5.41, 5.74) is 0.946. The van der Waals surface area contributed by atoms with Crippen LogP contribution in [0.15, 0.2) is 30.5 Å². The Morgan fingerprint density at radius 2 is 2.04 bits per heavy atom. The predicted octanol–water partition coefficient (Wildman–Crippen LogP) is 2.74. The topological polar surface area (TPSA) is 74.6 Å². The van der Waals surface area contributed by atoms with Gasteiger partial charge in [-0.1, -0.05) is 17.7 Å². The van der Waals surface area contributed by atoms with E-state index in [1.54, 1.807) is 0 Å². The average molecular weight is 390 g/mol. The number of carbonyl (C=O) groups is 2. The molecule has 2 N–H and O–H groups in total. The van der Waals surface area contributed by atoms with Gasteiger partial charge in [0.15, 0.2) is 0 Å². The molecule has 0 spiro atoms. The third-order valence-corrected chi connectivity index (χ3v) is 5.81. The van der Waals surface area contributed by atoms with Crippen molar-refractivity contribution >= 4 is 34.4 Å². The summed E-state index contributed by atoms with van der Waals surface area (Å²) in [6.07, 6.45) is 5.96. The molecule has 2 aromatic rings. The molecule has 7 heteroatoms. The van der Waals surface area contributed by atoms with E-state index in [0.29, 0.717) is 10.9 Å². The summed E-state index contributed by atoms with van der Waals surface area (Å²) in [7, 11) is 0. The molecule has 2 fully saturated rings. The SMILES string of the molecule is O=C(O)CN(CC1CC1)C1CC(NC(=O)Cn2ccc3ccc(Cl)cc32)C1. The van der Waals surface area contributed by atoms with Gasteiger partial charge in [0.1, 0.15) is 6.54 Å². The molecule has 2 aliphatic carbocycles. The number of nitrogens with one attached hydrogen (secondary N) is 1. The lowest BCUT2D eigenvalue weighted by Crippen LogP contribution is -2.55. The molecule has 0 atom stereocenters. The summed E-state index contributed by atoms with van der Waals surface area (Å²) in [4.78, 5) is 25.6. The van der Waals surface area contributed by atoms with Gasteiger partial charge in [0.2, 0.25) is 5.91 Å². The highest BCUT2D eigenvalue weighted by molar-refractivity contribution is 6.31. The number of fused-ring (bicyclic) bond motifs is 1. The second kappa shape index (κ2) is 7.52. The maximum absolute atomic E-state index is 12.4. The van der Waals surface area contributed by atoms with Crippen molar-refractivity contribution in [2.24, 2.45) is 5.92 Å². The van der Waals surface area contributed by atoms with Crippen LogP contribution in [0.5, 0.6) is 0 Å². The Bertz CT molecular complexity index is 855. The van der Waals surface area contributed by atoms with Crippen molar-refractivity contribution in [2.75, 3.05) is 13.1 Å². The van der Waals surface area contributed by atoms with Gasteiger partial charge in [-0.3, -0.25) is 14.5 Å². The number of rotatable bonds is 8. The average Bonchev–Trinajstić information content (AvgIpc) is 3.30. The van der Waals surface area contributed by atoms with E-state index in [4.69, 9.17) is 16.7 Å². The summed E-state index contributed by atoms with van der Waals surface area (Å²) < 4.78 is 1.90. The molecular formula is C20H24ClN3O3. The van der Waals surface area contributed by atoms with Crippen molar-refractivity contribution < 1.29 is 14.7 Å². The van der Waals surface area contributed by atoms with Gasteiger partial charge in [-0.05, 0) is 55.2 Å². The number of benzene rings is 1. The zero-order chi connectivity index (χ0) is 19.0. The van der Waals surface area contributed by atoms with Crippen LogP contribution in [0.4, 0.5) is 0 Å². The minimum atomic E-state index is -0.777. The maximum Gasteiger partial charge on any atom is 0.317 e. The molecule has 2 aliphatic rings. The predicted molar refractivity (Wildman–Crippen MR) is 104 cm³/mol. The van der Waals surface area contributed by atoms with Crippen molar-refractivity contribution in [3.63, 3.8) is 0 Å². The third-order valence-electron chi connectivity index (χ3n) is 5.57. The van der Waals surface area contributed by atoms with Crippen LogP contribution in [-0.2, 0) is 16.1 Å². The quantitative estimate of drug-likeness (QED) is 0.728. The number of halogens is 1. The van der Waals surface area contributed by atoms with Crippen molar-refractivity contribution in [3.8, 4) is 0 Å². The Hall–Kier alpha value is -2.05. The lowest BCUT2D eigenvalue weighted by atomic mass is 9.85. The van der Waals surface area contributed by atoms with Crippen molar-refractivity contribution in [2.45, 2.75) is 44.3 Å². The van der Waals surface area contributed by atoms with Crippen LogP contribution >= 0.6 is 11.6 Å². The zero-order valence-electron chi connectivity index (χ0n) is 15.1. The Balaban J connectivity index is 1.29. The maximum atomic E-state index is 12.4. The highest BCUT2D eigenvalue weighted by atomic mass is 35.5. The molecule has 0 unspecified atom stereocenters. The third kappa shape index (κ3) is 4.45. The van der Waals surface area contributed by atoms with Gasteiger partial charge in [-0.2, -0.15) is 0 Å². The molecular weight excluding hydrogens is 366 g/mol. The first-order valence-corrected chi connectivity index (χ1v) is 9.85. The molecule has 2 saturated carbocycles. The van der Waals surface area contributed by atoms with E-state index < -0.39 is 5.97 Å². The molecule has 4 rings (SSSR count). The van der Waals surface area contributed by atoms with E-state index in [-0.39, 0.29) is 31.1 Å². The second-order valence-corrected chi connectivity index (χ2v) is 8.24. The van der Waals surface area contributed by atoms with Gasteiger partial charge in [0, 0.05) is 35.4 Å². The second-order valence-electron chi connectivity index (χ2n) is 7.80. The number of carbonyl (C=O) groups excluding carboxylic acids is 1. The van der Waals surface area contributed by atoms with E-state index in [1.165, 1.54) is 12.8 Å². The lowest BCUT2D eigenvalue weighted by Gasteiger charge is -2.42. The summed E-state index contributed by atoms with van der Waals surface area (Å²) >= 11 is 6.06. The Kier molecular flexibility index (Phi) is 5.10. The molecule has 6 nitrogen and oxygen atoms in total. The van der Waals surface area contributed by atoms with Crippen LogP contribution in [-0.4, -0.2) is 51.6 Å². The number of carboxylic acids is 1. The largest absolute Gasteiger partial charge is 0.480 e. The summed E-state index contributed by atoms with van der Waals surface area (Å²) in [6, 6.07) is 8.01. The molecule has 144 valence electrons. The standard InChI is InChI=1S/C20H24ClN3O3/c21-15-4-3-14-5-6-23(18(14)7-15)11-19(25)22-16-8-17(9-16)24(12-20(26)27)10-13-1-2-13/h3-7,13,16-17H,1-2,8-12H2,(H,22,25)(H,26,27). The van der Waals surface area contributed by atoms with Gasteiger partial charge in [-0.15, -0.1) is 0 Å². The van der Waals surface area contributed by atoms with Crippen LogP contribution in [0.2, 0.25) is 5.02 Å². The summed E-state index contributed by atoms with van der Waals surface area (Å²) in [6.45, 7) is 1.22. The first-order valence-electron chi connectivity index (χ1n) is 9.47. The lowest BCUT2D eigenvalue weighted by molar-refractivity contribution is -0.140. The van der Waals surface area contributed by atoms with E-state index in [1.807, 2.05) is 35.0 Å². The molecule has 1 amide bonds. The van der Waals surface area contributed by atoms with Crippen LogP contribution in [0.25, 0.3) is 10.9 Å². The Morgan fingerprint density at radius 1 is 1.26 bits per heavy atom. The fraction of sp³-hybridized carbons (Fsp3) is 0.500. The Labute approximate surface area is 163 Å². The summed E-state index contributed by atoms with van der Waals surface area (Å²) in [5, 5.41) is 13.9. The number of hydrogen-bond acceptors (Lipinski definition) is 3. The fourth-order valence-corrected chi connectivity index (χ4v) is 4.04. The minimum absolute atomic E-state index is 0.0251. The number of hydrogen-bond donors (Lipinski definition) is 2. The van der Waals surface area contributed by atoms with Gasteiger partial charge < -0.3 is 15.0 Å². The van der Waals surface area contributed by atoms with Crippen molar-refractivity contribution in [3.05, 3.63) is 35.5 Å². The zero-order valence-corrected chi connectivity index (χ0v) is 15.9. The van der Waals surface area contributed by atoms with E-state index in [2.05, 4.69) is 10.2 Å². The van der Waals surface area contributed by atoms with Gasteiger partial charge in [0.25, 0.3) is 0 Å². The molecule has 0 radical (unpaired) electrons. The van der Waals surface area contributed by atoms with Crippen LogP contribution in [0.1, 0.15) is 25.7 Å². The molecule has 1 heterocycles. The van der Waals surface area contributed by atoms with E-state index in [0.717, 1.165) is 30.3 Å². The van der Waals surface area contributed by atoms with Crippen molar-refractivity contribution in [1.82, 2.24) is 14.8 Å². The molecule has 0 saturated heterocycles. The highest BCUT2D eigenvalue weighted by Crippen LogP contribution is 2.33. The molecule has 0 bridgehead atoms. The first-order chi connectivity index (χ1) is 13.0. The molecule has 1 aromatic carbocycles. The minimum Gasteiger partial charge on any atom is -0.480 e. The fourth-order valence-electron chi connectivity index (χ4n) is 3.88. The molecule has 1 aromatic heterocycles. The number of carboxylic acid groups (broad SMARTS) is 1. The van der Waals surface area contributed by atoms with Gasteiger partial charge in [0.05, 0.1) is 6.54 Å². The van der Waals surface area contributed by atoms with E-state index in [9.17, 15) is 9.59 Å². The molecule has 0 aliphatic heterocycles. The Morgan fingerprint density at radius 3 is 2.74 bits per heavy atom. The normalized spacial score (nSPS) is 22.0. The van der Waals surface area contributed by atoms with Crippen molar-refractivity contribution in [1.29, 1.82) is 0 Å². The van der Waals surface area contributed by atoms with Gasteiger partial charge in [-0.25, -0.2) is 0 Å². The number of nitrogens with zero attached hydrogens (tertiary/aromatic N) is 2. The van der Waals surface area contributed by atoms with Crippen LogP contribution in [0.3, 0.4) is 0 Å². The smallest absolute Gasteiger partial charge is 0.317 e. The first kappa shape index (κ1) is 18.3. The van der Waals surface area contributed by atoms with E-state index >= 15 is 0 Å². The van der Waals surface area contributed by atoms with Gasteiger partial charge >= 0.3 is 5.97 Å². The molecule has 27 heavy (non-hydrogen) atoms. The number of aliphatic carboxylic acids is 1. The van der Waals surface area contributed by atoms with Crippen LogP contribution in [0, 0.1) is 5.92 Å².